The first-order valence-corrected chi connectivity index (χ1v) is 5.93. The van der Waals surface area contributed by atoms with E-state index in [1.807, 2.05) is 38.1 Å². The second kappa shape index (κ2) is 5.14. The third-order valence-corrected chi connectivity index (χ3v) is 2.96. The molecule has 0 atom stereocenters. The molecule has 2 N–H and O–H groups in total. The molecule has 1 heterocycles. The fourth-order valence-electron chi connectivity index (χ4n) is 1.81. The van der Waals surface area contributed by atoms with Crippen LogP contribution >= 0.6 is 0 Å². The van der Waals surface area contributed by atoms with Crippen LogP contribution in [0, 0.1) is 13.8 Å². The first-order chi connectivity index (χ1) is 8.60. The zero-order chi connectivity index (χ0) is 13.1. The van der Waals surface area contributed by atoms with Crippen molar-refractivity contribution in [2.45, 2.75) is 26.9 Å². The molecule has 0 unspecified atom stereocenters. The van der Waals surface area contributed by atoms with Gasteiger partial charge in [0, 0.05) is 12.6 Å². The van der Waals surface area contributed by atoms with Crippen LogP contribution in [0.5, 0.6) is 0 Å². The van der Waals surface area contributed by atoms with Crippen molar-refractivity contribution in [3.63, 3.8) is 0 Å². The number of nitrogens with two attached hydrogens (primary N) is 1. The Bertz CT molecular complexity index is 599. The van der Waals surface area contributed by atoms with Gasteiger partial charge in [0.1, 0.15) is 0 Å². The van der Waals surface area contributed by atoms with Crippen molar-refractivity contribution in [3.05, 3.63) is 63.1 Å². The molecule has 0 aliphatic rings. The normalized spacial score (nSPS) is 10.6. The van der Waals surface area contributed by atoms with Gasteiger partial charge < -0.3 is 5.73 Å². The Kier molecular flexibility index (Phi) is 3.58. The van der Waals surface area contributed by atoms with E-state index in [1.54, 1.807) is 6.07 Å². The fourth-order valence-corrected chi connectivity index (χ4v) is 1.81. The van der Waals surface area contributed by atoms with Gasteiger partial charge in [0.2, 0.25) is 0 Å². The molecule has 0 aliphatic carbocycles. The summed E-state index contributed by atoms with van der Waals surface area (Å²) in [5.74, 6) is 0. The Morgan fingerprint density at radius 1 is 1.22 bits per heavy atom. The van der Waals surface area contributed by atoms with E-state index < -0.39 is 0 Å². The van der Waals surface area contributed by atoms with E-state index in [0.717, 1.165) is 16.8 Å². The Labute approximate surface area is 106 Å². The predicted molar refractivity (Wildman–Crippen MR) is 71.4 cm³/mol. The van der Waals surface area contributed by atoms with Gasteiger partial charge in [-0.25, -0.2) is 4.68 Å². The monoisotopic (exact) mass is 243 g/mol. The lowest BCUT2D eigenvalue weighted by molar-refractivity contribution is 0.622. The third kappa shape index (κ3) is 2.65. The lowest BCUT2D eigenvalue weighted by Crippen LogP contribution is -2.25. The van der Waals surface area contributed by atoms with Crippen LogP contribution in [0.25, 0.3) is 0 Å². The molecule has 0 saturated heterocycles. The second-order valence-corrected chi connectivity index (χ2v) is 4.44. The molecule has 94 valence electrons. The highest BCUT2D eigenvalue weighted by atomic mass is 16.1. The SMILES string of the molecule is Cc1ccc(Cn2nc(C)c(CN)cc2=O)cc1. The number of hydrogen-bond donors (Lipinski definition) is 1. The molecule has 0 aliphatic heterocycles. The van der Waals surface area contributed by atoms with Crippen molar-refractivity contribution in [2.75, 3.05) is 0 Å². The maximum Gasteiger partial charge on any atom is 0.267 e. The zero-order valence-electron chi connectivity index (χ0n) is 10.7. The average molecular weight is 243 g/mol. The number of rotatable bonds is 3. The summed E-state index contributed by atoms with van der Waals surface area (Å²) in [6.45, 7) is 4.74. The summed E-state index contributed by atoms with van der Waals surface area (Å²) in [6.07, 6.45) is 0. The predicted octanol–water partition coefficient (Wildman–Crippen LogP) is 1.37. The summed E-state index contributed by atoms with van der Waals surface area (Å²) in [5.41, 5.74) is 9.32. The van der Waals surface area contributed by atoms with Gasteiger partial charge in [-0.3, -0.25) is 4.79 Å². The molecule has 0 spiro atoms. The summed E-state index contributed by atoms with van der Waals surface area (Å²) < 4.78 is 1.47. The largest absolute Gasteiger partial charge is 0.326 e. The average Bonchev–Trinajstić information content (AvgIpc) is 2.36. The molecule has 0 radical (unpaired) electrons. The van der Waals surface area contributed by atoms with E-state index in [0.29, 0.717) is 13.1 Å². The van der Waals surface area contributed by atoms with Crippen molar-refractivity contribution in [1.82, 2.24) is 9.78 Å². The van der Waals surface area contributed by atoms with Crippen molar-refractivity contribution < 1.29 is 0 Å². The van der Waals surface area contributed by atoms with Crippen LogP contribution < -0.4 is 11.3 Å². The van der Waals surface area contributed by atoms with Crippen LogP contribution in [0.4, 0.5) is 0 Å². The standard InChI is InChI=1S/C14H17N3O/c1-10-3-5-12(6-4-10)9-17-14(18)7-13(8-15)11(2)16-17/h3-7H,8-9,15H2,1-2H3. The topological polar surface area (TPSA) is 60.9 Å². The van der Waals surface area contributed by atoms with E-state index in [2.05, 4.69) is 5.10 Å². The maximum absolute atomic E-state index is 11.9. The number of aryl methyl sites for hydroxylation is 2. The molecule has 0 amide bonds. The minimum absolute atomic E-state index is 0.110. The van der Waals surface area contributed by atoms with Crippen LogP contribution in [0.2, 0.25) is 0 Å². The molecular formula is C14H17N3O. The van der Waals surface area contributed by atoms with E-state index >= 15 is 0 Å². The number of hydrogen-bond acceptors (Lipinski definition) is 3. The highest BCUT2D eigenvalue weighted by molar-refractivity contribution is 5.22. The van der Waals surface area contributed by atoms with Crippen LogP contribution in [0.15, 0.2) is 35.1 Å². The second-order valence-electron chi connectivity index (χ2n) is 4.44. The minimum Gasteiger partial charge on any atom is -0.326 e. The van der Waals surface area contributed by atoms with E-state index in [9.17, 15) is 4.79 Å². The Balaban J connectivity index is 2.32. The smallest absolute Gasteiger partial charge is 0.267 e. The van der Waals surface area contributed by atoms with Crippen molar-refractivity contribution in [2.24, 2.45) is 5.73 Å². The Hall–Kier alpha value is -1.94. The van der Waals surface area contributed by atoms with Crippen LogP contribution in [0.1, 0.15) is 22.4 Å². The summed E-state index contributed by atoms with van der Waals surface area (Å²) in [4.78, 5) is 11.9. The molecule has 4 nitrogen and oxygen atoms in total. The van der Waals surface area contributed by atoms with Gasteiger partial charge >= 0.3 is 0 Å². The van der Waals surface area contributed by atoms with Gasteiger partial charge in [-0.15, -0.1) is 0 Å². The molecule has 0 bridgehead atoms. The van der Waals surface area contributed by atoms with Crippen molar-refractivity contribution >= 4 is 0 Å². The maximum atomic E-state index is 11.9. The van der Waals surface area contributed by atoms with Crippen LogP contribution in [-0.2, 0) is 13.1 Å². The number of aromatic nitrogens is 2. The lowest BCUT2D eigenvalue weighted by Gasteiger charge is -2.08. The summed E-state index contributed by atoms with van der Waals surface area (Å²) in [6, 6.07) is 9.64. The fraction of sp³-hybridized carbons (Fsp3) is 0.286. The van der Waals surface area contributed by atoms with E-state index in [4.69, 9.17) is 5.73 Å². The molecule has 0 saturated carbocycles. The molecule has 0 fully saturated rings. The summed E-state index contributed by atoms with van der Waals surface area (Å²) in [5, 5.41) is 4.29. The molecule has 1 aromatic carbocycles. The molecule has 4 heteroatoms. The number of benzene rings is 1. The van der Waals surface area contributed by atoms with Gasteiger partial charge in [-0.1, -0.05) is 29.8 Å². The molecule has 1 aromatic heterocycles. The van der Waals surface area contributed by atoms with E-state index in [-0.39, 0.29) is 5.56 Å². The van der Waals surface area contributed by atoms with Gasteiger partial charge in [0.05, 0.1) is 12.2 Å². The third-order valence-electron chi connectivity index (χ3n) is 2.96. The first-order valence-electron chi connectivity index (χ1n) is 5.93. The molecular weight excluding hydrogens is 226 g/mol. The number of nitrogens with zero attached hydrogens (tertiary/aromatic N) is 2. The van der Waals surface area contributed by atoms with Gasteiger partial charge in [-0.05, 0) is 25.0 Å². The molecule has 2 aromatic rings. The molecule has 2 rings (SSSR count). The molecule has 18 heavy (non-hydrogen) atoms. The van der Waals surface area contributed by atoms with E-state index in [1.165, 1.54) is 10.2 Å². The first kappa shape index (κ1) is 12.5. The van der Waals surface area contributed by atoms with Gasteiger partial charge in [0.15, 0.2) is 0 Å². The Morgan fingerprint density at radius 3 is 2.50 bits per heavy atom. The van der Waals surface area contributed by atoms with Crippen molar-refractivity contribution in [1.29, 1.82) is 0 Å². The van der Waals surface area contributed by atoms with Crippen molar-refractivity contribution in [3.8, 4) is 0 Å². The quantitative estimate of drug-likeness (QED) is 0.885. The van der Waals surface area contributed by atoms with Crippen LogP contribution in [0.3, 0.4) is 0 Å². The summed E-state index contributed by atoms with van der Waals surface area (Å²) >= 11 is 0. The lowest BCUT2D eigenvalue weighted by atomic mass is 10.1. The minimum atomic E-state index is -0.110. The Morgan fingerprint density at radius 2 is 1.89 bits per heavy atom. The highest BCUT2D eigenvalue weighted by Gasteiger charge is 2.04. The van der Waals surface area contributed by atoms with Gasteiger partial charge in [-0.2, -0.15) is 5.10 Å². The zero-order valence-corrected chi connectivity index (χ0v) is 10.7. The van der Waals surface area contributed by atoms with Gasteiger partial charge in [0.25, 0.3) is 5.56 Å². The summed E-state index contributed by atoms with van der Waals surface area (Å²) in [7, 11) is 0. The van der Waals surface area contributed by atoms with Crippen LogP contribution in [-0.4, -0.2) is 9.78 Å². The highest BCUT2D eigenvalue weighted by Crippen LogP contribution is 2.05.